The number of nitrogens with one attached hydrogen (secondary N) is 1. The maximum absolute atomic E-state index is 12.3. The van der Waals surface area contributed by atoms with Crippen LogP contribution in [0.15, 0.2) is 34.5 Å². The highest BCUT2D eigenvalue weighted by Gasteiger charge is 2.17. The molecule has 25 heavy (non-hydrogen) atoms. The molecule has 1 N–H and O–H groups in total. The fourth-order valence-corrected chi connectivity index (χ4v) is 4.07. The van der Waals surface area contributed by atoms with Gasteiger partial charge in [0, 0.05) is 39.4 Å². The van der Waals surface area contributed by atoms with Crippen LogP contribution in [0.5, 0.6) is 0 Å². The minimum absolute atomic E-state index is 0.193. The predicted octanol–water partition coefficient (Wildman–Crippen LogP) is 3.36. The van der Waals surface area contributed by atoms with E-state index in [4.69, 9.17) is 0 Å². The molecule has 2 heterocycles. The molecule has 1 saturated heterocycles. The van der Waals surface area contributed by atoms with Gasteiger partial charge in [-0.3, -0.25) is 19.2 Å². The third kappa shape index (κ3) is 4.96. The summed E-state index contributed by atoms with van der Waals surface area (Å²) in [6.45, 7) is 5.38. The lowest BCUT2D eigenvalue weighted by Gasteiger charge is -2.29. The average molecular weight is 378 g/mol. The van der Waals surface area contributed by atoms with Crippen LogP contribution < -0.4 is 5.32 Å². The van der Waals surface area contributed by atoms with E-state index < -0.39 is 10.8 Å². The molecule has 1 fully saturated rings. The van der Waals surface area contributed by atoms with Gasteiger partial charge in [-0.2, -0.15) is 0 Å². The van der Waals surface area contributed by atoms with Crippen LogP contribution in [-0.2, 0) is 17.3 Å². The SMILES string of the molecule is CC1CCN(Cc2csc(NC(=O)c3ccc(S(C)=O)cc3)n2)CC1. The fourth-order valence-electron chi connectivity index (χ4n) is 2.85. The molecular formula is C18H23N3O2S2. The highest BCUT2D eigenvalue weighted by Crippen LogP contribution is 2.21. The highest BCUT2D eigenvalue weighted by atomic mass is 32.2. The first-order valence-electron chi connectivity index (χ1n) is 8.43. The van der Waals surface area contributed by atoms with Crippen molar-refractivity contribution in [3.63, 3.8) is 0 Å². The molecule has 0 spiro atoms. The Morgan fingerprint density at radius 1 is 1.32 bits per heavy atom. The minimum Gasteiger partial charge on any atom is -0.298 e. The van der Waals surface area contributed by atoms with Crippen molar-refractivity contribution in [3.8, 4) is 0 Å². The van der Waals surface area contributed by atoms with Crippen molar-refractivity contribution in [2.24, 2.45) is 5.92 Å². The molecule has 1 aromatic carbocycles. The molecule has 1 aliphatic rings. The van der Waals surface area contributed by atoms with Crippen molar-refractivity contribution in [2.45, 2.75) is 31.2 Å². The summed E-state index contributed by atoms with van der Waals surface area (Å²) in [5.74, 6) is 0.624. The summed E-state index contributed by atoms with van der Waals surface area (Å²) < 4.78 is 11.4. The zero-order valence-corrected chi connectivity index (χ0v) is 16.2. The van der Waals surface area contributed by atoms with Gasteiger partial charge in [0.05, 0.1) is 5.69 Å². The number of likely N-dealkylation sites (tertiary alicyclic amines) is 1. The third-order valence-corrected chi connectivity index (χ3v) is 6.23. The molecule has 1 aromatic heterocycles. The monoisotopic (exact) mass is 377 g/mol. The smallest absolute Gasteiger partial charge is 0.257 e. The van der Waals surface area contributed by atoms with Gasteiger partial charge in [-0.05, 0) is 56.1 Å². The summed E-state index contributed by atoms with van der Waals surface area (Å²) >= 11 is 1.45. The quantitative estimate of drug-likeness (QED) is 0.868. The molecule has 5 nitrogen and oxygen atoms in total. The fraction of sp³-hybridized carbons (Fsp3) is 0.444. The Balaban J connectivity index is 1.57. The Morgan fingerprint density at radius 3 is 2.64 bits per heavy atom. The number of piperidine rings is 1. The third-order valence-electron chi connectivity index (χ3n) is 4.48. The lowest BCUT2D eigenvalue weighted by atomic mass is 9.99. The van der Waals surface area contributed by atoms with E-state index in [9.17, 15) is 9.00 Å². The van der Waals surface area contributed by atoms with Crippen LogP contribution >= 0.6 is 11.3 Å². The van der Waals surface area contributed by atoms with Gasteiger partial charge in [0.15, 0.2) is 5.13 Å². The average Bonchev–Trinajstić information content (AvgIpc) is 3.04. The normalized spacial score (nSPS) is 17.4. The number of rotatable bonds is 5. The zero-order chi connectivity index (χ0) is 17.8. The zero-order valence-electron chi connectivity index (χ0n) is 14.5. The van der Waals surface area contributed by atoms with Gasteiger partial charge in [0.25, 0.3) is 5.91 Å². The van der Waals surface area contributed by atoms with Crippen molar-refractivity contribution in [3.05, 3.63) is 40.9 Å². The lowest BCUT2D eigenvalue weighted by molar-refractivity contribution is 0.102. The molecule has 1 amide bonds. The van der Waals surface area contributed by atoms with Crippen molar-refractivity contribution in [1.29, 1.82) is 0 Å². The molecule has 7 heteroatoms. The van der Waals surface area contributed by atoms with Crippen LogP contribution in [0, 0.1) is 5.92 Å². The van der Waals surface area contributed by atoms with Crippen LogP contribution in [0.3, 0.4) is 0 Å². The maximum Gasteiger partial charge on any atom is 0.257 e. The minimum atomic E-state index is -1.04. The number of benzene rings is 1. The number of anilines is 1. The lowest BCUT2D eigenvalue weighted by Crippen LogP contribution is -2.32. The molecule has 3 rings (SSSR count). The van der Waals surface area contributed by atoms with Crippen molar-refractivity contribution < 1.29 is 9.00 Å². The second-order valence-electron chi connectivity index (χ2n) is 6.54. The van der Waals surface area contributed by atoms with Gasteiger partial charge < -0.3 is 0 Å². The largest absolute Gasteiger partial charge is 0.298 e. The Bertz CT molecular complexity index is 750. The second kappa shape index (κ2) is 8.21. The number of hydrogen-bond acceptors (Lipinski definition) is 5. The van der Waals surface area contributed by atoms with Gasteiger partial charge in [-0.1, -0.05) is 6.92 Å². The molecular weight excluding hydrogens is 354 g/mol. The first-order valence-corrected chi connectivity index (χ1v) is 10.9. The van der Waals surface area contributed by atoms with Gasteiger partial charge in [-0.15, -0.1) is 11.3 Å². The van der Waals surface area contributed by atoms with E-state index in [-0.39, 0.29) is 5.91 Å². The predicted molar refractivity (Wildman–Crippen MR) is 103 cm³/mol. The van der Waals surface area contributed by atoms with Crippen LogP contribution in [0.2, 0.25) is 0 Å². The Hall–Kier alpha value is -1.57. The van der Waals surface area contributed by atoms with Crippen LogP contribution in [0.25, 0.3) is 0 Å². The molecule has 134 valence electrons. The van der Waals surface area contributed by atoms with Crippen LogP contribution in [0.4, 0.5) is 5.13 Å². The maximum atomic E-state index is 12.3. The molecule has 0 aliphatic carbocycles. The van der Waals surface area contributed by atoms with E-state index in [1.807, 2.05) is 5.38 Å². The summed E-state index contributed by atoms with van der Waals surface area (Å²) in [4.78, 5) is 20.0. The van der Waals surface area contributed by atoms with E-state index in [0.717, 1.165) is 31.2 Å². The summed E-state index contributed by atoms with van der Waals surface area (Å²) in [6.07, 6.45) is 4.10. The number of carbonyl (C=O) groups is 1. The highest BCUT2D eigenvalue weighted by molar-refractivity contribution is 7.84. The molecule has 1 unspecified atom stereocenters. The number of carbonyl (C=O) groups excluding carboxylic acids is 1. The molecule has 2 aromatic rings. The van der Waals surface area contributed by atoms with Gasteiger partial charge >= 0.3 is 0 Å². The number of thiazole rings is 1. The van der Waals surface area contributed by atoms with Gasteiger partial charge in [0.1, 0.15) is 0 Å². The molecule has 0 radical (unpaired) electrons. The van der Waals surface area contributed by atoms with E-state index in [0.29, 0.717) is 15.6 Å². The number of amides is 1. The molecule has 0 saturated carbocycles. The molecule has 1 aliphatic heterocycles. The number of hydrogen-bond donors (Lipinski definition) is 1. The second-order valence-corrected chi connectivity index (χ2v) is 8.77. The van der Waals surface area contributed by atoms with E-state index >= 15 is 0 Å². The standard InChI is InChI=1S/C18H23N3O2S2/c1-13-7-9-21(10-8-13)11-15-12-24-18(19-15)20-17(22)14-3-5-16(6-4-14)25(2)23/h3-6,12-13H,7-11H2,1-2H3,(H,19,20,22). The van der Waals surface area contributed by atoms with Crippen LogP contribution in [0.1, 0.15) is 35.8 Å². The van der Waals surface area contributed by atoms with Gasteiger partial charge in [-0.25, -0.2) is 4.98 Å². The van der Waals surface area contributed by atoms with E-state index in [1.165, 1.54) is 24.2 Å². The van der Waals surface area contributed by atoms with Crippen molar-refractivity contribution >= 4 is 33.2 Å². The summed E-state index contributed by atoms with van der Waals surface area (Å²) in [7, 11) is -1.04. The molecule has 0 bridgehead atoms. The molecule has 1 atom stereocenters. The first-order chi connectivity index (χ1) is 12.0. The number of nitrogens with zero attached hydrogens (tertiary/aromatic N) is 2. The summed E-state index contributed by atoms with van der Waals surface area (Å²) in [5.41, 5.74) is 1.54. The number of aromatic nitrogens is 1. The van der Waals surface area contributed by atoms with Gasteiger partial charge in [0.2, 0.25) is 0 Å². The van der Waals surface area contributed by atoms with Crippen molar-refractivity contribution in [1.82, 2.24) is 9.88 Å². The Kier molecular flexibility index (Phi) is 5.98. The van der Waals surface area contributed by atoms with E-state index in [1.54, 1.807) is 30.5 Å². The van der Waals surface area contributed by atoms with E-state index in [2.05, 4.69) is 22.1 Å². The first kappa shape index (κ1) is 18.2. The summed E-state index contributed by atoms with van der Waals surface area (Å²) in [6, 6.07) is 6.82. The van der Waals surface area contributed by atoms with Crippen molar-refractivity contribution in [2.75, 3.05) is 24.7 Å². The Labute approximate surface area is 154 Å². The van der Waals surface area contributed by atoms with Crippen LogP contribution in [-0.4, -0.2) is 39.3 Å². The summed E-state index contributed by atoms with van der Waals surface area (Å²) in [5, 5.41) is 5.48. The Morgan fingerprint density at radius 2 is 2.00 bits per heavy atom. The topological polar surface area (TPSA) is 62.3 Å².